The number of imidazole rings is 1. The first-order chi connectivity index (χ1) is 18.2. The molecule has 0 bridgehead atoms. The Morgan fingerprint density at radius 2 is 1.82 bits per heavy atom. The van der Waals surface area contributed by atoms with Gasteiger partial charge in [0.15, 0.2) is 11.6 Å². The lowest BCUT2D eigenvalue weighted by Gasteiger charge is -2.33. The van der Waals surface area contributed by atoms with Crippen molar-refractivity contribution in [3.63, 3.8) is 0 Å². The zero-order valence-corrected chi connectivity index (χ0v) is 23.0. The minimum atomic E-state index is -0.642. The van der Waals surface area contributed by atoms with E-state index in [1.54, 1.807) is 6.07 Å². The van der Waals surface area contributed by atoms with Gasteiger partial charge in [-0.1, -0.05) is 13.0 Å². The summed E-state index contributed by atoms with van der Waals surface area (Å²) in [5, 5.41) is 3.17. The zero-order chi connectivity index (χ0) is 27.0. The van der Waals surface area contributed by atoms with Crippen LogP contribution >= 0.6 is 12.6 Å². The average molecular weight is 538 g/mol. The van der Waals surface area contributed by atoms with Gasteiger partial charge in [0.2, 0.25) is 5.95 Å². The number of halogens is 2. The highest BCUT2D eigenvalue weighted by atomic mass is 32.1. The first kappa shape index (κ1) is 26.5. The molecule has 0 aliphatic carbocycles. The van der Waals surface area contributed by atoms with Gasteiger partial charge < -0.3 is 14.8 Å². The van der Waals surface area contributed by atoms with Gasteiger partial charge in [0.1, 0.15) is 22.9 Å². The van der Waals surface area contributed by atoms with E-state index in [4.69, 9.17) is 12.6 Å². The number of rotatable bonds is 7. The summed E-state index contributed by atoms with van der Waals surface area (Å²) in [6.07, 6.45) is 5.14. The SMILES string of the molecule is CCN1CCC([C@H](S)c2ccc(Nc3ncc(F)c(-c4cc(F)c5nc(C)n(C(C)C)c5c4)n3)nc2)CC1. The van der Waals surface area contributed by atoms with E-state index >= 15 is 0 Å². The van der Waals surface area contributed by atoms with Crippen LogP contribution < -0.4 is 5.32 Å². The molecule has 0 unspecified atom stereocenters. The topological polar surface area (TPSA) is 71.8 Å². The maximum atomic E-state index is 15.0. The van der Waals surface area contributed by atoms with E-state index < -0.39 is 11.6 Å². The Hall–Kier alpha value is -3.11. The number of nitrogens with one attached hydrogen (secondary N) is 1. The molecule has 1 atom stereocenters. The molecule has 4 heterocycles. The number of aryl methyl sites for hydroxylation is 1. The molecular weight excluding hydrogens is 504 g/mol. The molecule has 1 saturated heterocycles. The van der Waals surface area contributed by atoms with E-state index in [1.807, 2.05) is 43.7 Å². The number of piperidine rings is 1. The monoisotopic (exact) mass is 537 g/mol. The predicted molar refractivity (Wildman–Crippen MR) is 150 cm³/mol. The van der Waals surface area contributed by atoms with Gasteiger partial charge in [0, 0.05) is 23.1 Å². The molecule has 1 aliphatic heterocycles. The molecule has 1 aliphatic rings. The average Bonchev–Trinajstić information content (AvgIpc) is 3.26. The third kappa shape index (κ3) is 5.24. The molecule has 4 aromatic rings. The van der Waals surface area contributed by atoms with E-state index in [-0.39, 0.29) is 28.5 Å². The highest BCUT2D eigenvalue weighted by molar-refractivity contribution is 7.80. The minimum Gasteiger partial charge on any atom is -0.326 e. The van der Waals surface area contributed by atoms with Crippen LogP contribution in [-0.4, -0.2) is 49.0 Å². The van der Waals surface area contributed by atoms with E-state index in [0.717, 1.165) is 44.2 Å². The summed E-state index contributed by atoms with van der Waals surface area (Å²) in [6.45, 7) is 11.3. The maximum absolute atomic E-state index is 15.0. The zero-order valence-electron chi connectivity index (χ0n) is 22.1. The fourth-order valence-corrected chi connectivity index (χ4v) is 5.76. The molecule has 0 saturated carbocycles. The van der Waals surface area contributed by atoms with Crippen LogP contribution in [0.1, 0.15) is 56.3 Å². The number of thiol groups is 1. The number of aromatic nitrogens is 5. The molecule has 10 heteroatoms. The van der Waals surface area contributed by atoms with Crippen molar-refractivity contribution in [3.8, 4) is 11.3 Å². The van der Waals surface area contributed by atoms with Crippen molar-refractivity contribution < 1.29 is 8.78 Å². The molecule has 7 nitrogen and oxygen atoms in total. The molecule has 5 rings (SSSR count). The summed E-state index contributed by atoms with van der Waals surface area (Å²) in [4.78, 5) is 19.8. The van der Waals surface area contributed by atoms with E-state index in [2.05, 4.69) is 37.1 Å². The van der Waals surface area contributed by atoms with E-state index in [9.17, 15) is 8.78 Å². The smallest absolute Gasteiger partial charge is 0.229 e. The Bertz CT molecular complexity index is 1430. The highest BCUT2D eigenvalue weighted by Gasteiger charge is 2.25. The molecule has 0 amide bonds. The fourth-order valence-electron chi connectivity index (χ4n) is 5.31. The molecule has 1 N–H and O–H groups in total. The largest absolute Gasteiger partial charge is 0.326 e. The Balaban J connectivity index is 1.37. The second kappa shape index (κ2) is 10.9. The number of likely N-dealkylation sites (tertiary alicyclic amines) is 1. The lowest BCUT2D eigenvalue weighted by molar-refractivity contribution is 0.191. The van der Waals surface area contributed by atoms with Gasteiger partial charge in [0.05, 0.1) is 11.7 Å². The van der Waals surface area contributed by atoms with Gasteiger partial charge >= 0.3 is 0 Å². The number of fused-ring (bicyclic) bond motifs is 1. The van der Waals surface area contributed by atoms with Gasteiger partial charge in [0.25, 0.3) is 0 Å². The first-order valence-electron chi connectivity index (χ1n) is 13.1. The van der Waals surface area contributed by atoms with Crippen LogP contribution in [0.3, 0.4) is 0 Å². The van der Waals surface area contributed by atoms with Gasteiger partial charge in [-0.25, -0.2) is 28.7 Å². The second-order valence-electron chi connectivity index (χ2n) is 10.2. The molecule has 200 valence electrons. The molecule has 0 radical (unpaired) electrons. The molecule has 3 aromatic heterocycles. The summed E-state index contributed by atoms with van der Waals surface area (Å²) in [6, 6.07) is 6.90. The summed E-state index contributed by atoms with van der Waals surface area (Å²) in [5.41, 5.74) is 2.24. The van der Waals surface area contributed by atoms with Crippen molar-refractivity contribution in [3.05, 3.63) is 59.7 Å². The van der Waals surface area contributed by atoms with Crippen LogP contribution in [-0.2, 0) is 0 Å². The van der Waals surface area contributed by atoms with Crippen molar-refractivity contribution in [2.45, 2.75) is 51.8 Å². The number of anilines is 2. The minimum absolute atomic E-state index is 0.00271. The summed E-state index contributed by atoms with van der Waals surface area (Å²) < 4.78 is 31.7. The predicted octanol–water partition coefficient (Wildman–Crippen LogP) is 6.50. The third-order valence-corrected chi connectivity index (χ3v) is 8.07. The van der Waals surface area contributed by atoms with Crippen molar-refractivity contribution in [1.29, 1.82) is 0 Å². The number of benzene rings is 1. The number of hydrogen-bond acceptors (Lipinski definition) is 7. The maximum Gasteiger partial charge on any atom is 0.229 e. The number of pyridine rings is 1. The molecule has 1 aromatic carbocycles. The highest BCUT2D eigenvalue weighted by Crippen LogP contribution is 2.36. The van der Waals surface area contributed by atoms with Gasteiger partial charge in [-0.05, 0) is 82.9 Å². The quantitative estimate of drug-likeness (QED) is 0.262. The van der Waals surface area contributed by atoms with Gasteiger partial charge in [-0.3, -0.25) is 0 Å². The molecule has 0 spiro atoms. The molecular formula is C28H33F2N7S. The van der Waals surface area contributed by atoms with Crippen LogP contribution in [0.4, 0.5) is 20.5 Å². The van der Waals surface area contributed by atoms with Crippen molar-refractivity contribution in [2.24, 2.45) is 5.92 Å². The van der Waals surface area contributed by atoms with Crippen molar-refractivity contribution in [2.75, 3.05) is 25.0 Å². The van der Waals surface area contributed by atoms with Crippen LogP contribution in [0.2, 0.25) is 0 Å². The standard InChI is InChI=1S/C28H33F2N7S/c1-5-36-10-8-18(9-11-36)27(38)19-6-7-24(31-14-19)34-28-32-15-22(30)25(35-28)20-12-21(29)26-23(13-20)37(16(2)3)17(4)33-26/h6-7,12-16,18,27,38H,5,8-11H2,1-4H3,(H,31,32,34,35)/t27-/m0/s1. The normalized spacial score (nSPS) is 15.9. The Labute approximate surface area is 227 Å². The lowest BCUT2D eigenvalue weighted by Crippen LogP contribution is -2.34. The second-order valence-corrected chi connectivity index (χ2v) is 10.7. The Morgan fingerprint density at radius 1 is 1.05 bits per heavy atom. The lowest BCUT2D eigenvalue weighted by atomic mass is 9.90. The van der Waals surface area contributed by atoms with Gasteiger partial charge in [-0.2, -0.15) is 12.6 Å². The van der Waals surface area contributed by atoms with Crippen LogP contribution in [0, 0.1) is 24.5 Å². The molecule has 38 heavy (non-hydrogen) atoms. The summed E-state index contributed by atoms with van der Waals surface area (Å²) in [7, 11) is 0. The summed E-state index contributed by atoms with van der Waals surface area (Å²) in [5.74, 6) is 0.746. The third-order valence-electron chi connectivity index (χ3n) is 7.35. The molecule has 1 fully saturated rings. The van der Waals surface area contributed by atoms with Gasteiger partial charge in [-0.15, -0.1) is 0 Å². The van der Waals surface area contributed by atoms with Crippen LogP contribution in [0.5, 0.6) is 0 Å². The van der Waals surface area contributed by atoms with Crippen LogP contribution in [0.15, 0.2) is 36.7 Å². The Kier molecular flexibility index (Phi) is 7.63. The fraction of sp³-hybridized carbons (Fsp3) is 0.429. The van der Waals surface area contributed by atoms with E-state index in [0.29, 0.717) is 28.6 Å². The number of nitrogens with zero attached hydrogens (tertiary/aromatic N) is 6. The van der Waals surface area contributed by atoms with E-state index in [1.165, 1.54) is 6.07 Å². The Morgan fingerprint density at radius 3 is 2.47 bits per heavy atom. The number of hydrogen-bond donors (Lipinski definition) is 2. The van der Waals surface area contributed by atoms with Crippen molar-refractivity contribution >= 4 is 35.4 Å². The van der Waals surface area contributed by atoms with Crippen LogP contribution in [0.25, 0.3) is 22.3 Å². The summed E-state index contributed by atoms with van der Waals surface area (Å²) >= 11 is 4.89. The first-order valence-corrected chi connectivity index (χ1v) is 13.6. The van der Waals surface area contributed by atoms with Crippen molar-refractivity contribution in [1.82, 2.24) is 29.4 Å².